The fourth-order valence-electron chi connectivity index (χ4n) is 1.34. The van der Waals surface area contributed by atoms with Gasteiger partial charge in [-0.25, -0.2) is 0 Å². The maximum Gasteiger partial charge on any atom is 0.446 e. The van der Waals surface area contributed by atoms with Crippen molar-refractivity contribution in [1.29, 1.82) is 0 Å². The number of halogens is 6. The van der Waals surface area contributed by atoms with Crippen molar-refractivity contribution in [2.24, 2.45) is 0 Å². The van der Waals surface area contributed by atoms with Crippen LogP contribution in [0, 0.1) is 0 Å². The second kappa shape index (κ2) is 7.26. The van der Waals surface area contributed by atoms with Gasteiger partial charge in [-0.15, -0.1) is 0 Å². The van der Waals surface area contributed by atoms with Crippen molar-refractivity contribution in [3.63, 3.8) is 0 Å². The first-order chi connectivity index (χ1) is 9.23. The molecule has 0 amide bonds. The minimum Gasteiger partial charge on any atom is -0.435 e. The van der Waals surface area contributed by atoms with Crippen molar-refractivity contribution in [2.75, 3.05) is 5.33 Å². The highest BCUT2D eigenvalue weighted by Crippen LogP contribution is 2.40. The van der Waals surface area contributed by atoms with Crippen LogP contribution in [0.3, 0.4) is 0 Å². The van der Waals surface area contributed by atoms with Gasteiger partial charge in [0.1, 0.15) is 5.75 Å². The van der Waals surface area contributed by atoms with Crippen LogP contribution in [0.4, 0.5) is 22.0 Å². The van der Waals surface area contributed by atoms with Crippen LogP contribution < -0.4 is 4.74 Å². The third-order valence-corrected chi connectivity index (χ3v) is 3.23. The lowest BCUT2D eigenvalue weighted by Crippen LogP contribution is -2.08. The van der Waals surface area contributed by atoms with Gasteiger partial charge < -0.3 is 4.74 Å². The smallest absolute Gasteiger partial charge is 0.435 e. The van der Waals surface area contributed by atoms with E-state index in [0.717, 1.165) is 18.2 Å². The number of alkyl halides is 6. The fourth-order valence-corrected chi connectivity index (χ4v) is 2.37. The summed E-state index contributed by atoms with van der Waals surface area (Å²) in [5.41, 5.74) is -4.86. The van der Waals surface area contributed by atoms with E-state index in [1.165, 1.54) is 0 Å². The maximum atomic E-state index is 12.4. The quantitative estimate of drug-likeness (QED) is 0.305. The fraction of sp³-hybridized carbons (Fsp3) is 0.364. The first-order valence-corrected chi connectivity index (χ1v) is 7.10. The number of hydrogen-bond donors (Lipinski definition) is 0. The summed E-state index contributed by atoms with van der Waals surface area (Å²) >= 11 is 2.52. The largest absolute Gasteiger partial charge is 0.446 e. The molecule has 20 heavy (non-hydrogen) atoms. The average molecular weight is 379 g/mol. The molecular weight excluding hydrogens is 371 g/mol. The van der Waals surface area contributed by atoms with Gasteiger partial charge in [-0.2, -0.15) is 22.0 Å². The molecular formula is C11H8BrF5O2S. The highest BCUT2D eigenvalue weighted by atomic mass is 79.9. The molecule has 1 rings (SSSR count). The molecule has 0 fully saturated rings. The molecule has 2 nitrogen and oxygen atoms in total. The predicted molar refractivity (Wildman–Crippen MR) is 67.7 cm³/mol. The molecule has 1 aromatic rings. The SMILES string of the molecule is O=C(CCBr)c1cc(OC(F)F)ccc1SC(F)(F)F. The van der Waals surface area contributed by atoms with Crippen LogP contribution in [0.5, 0.6) is 5.75 Å². The Morgan fingerprint density at radius 1 is 1.35 bits per heavy atom. The Balaban J connectivity index is 3.12. The van der Waals surface area contributed by atoms with Gasteiger partial charge in [0.25, 0.3) is 0 Å². The van der Waals surface area contributed by atoms with Gasteiger partial charge >= 0.3 is 12.1 Å². The zero-order valence-electron chi connectivity index (χ0n) is 9.72. The molecule has 0 aromatic heterocycles. The van der Waals surface area contributed by atoms with Crippen molar-refractivity contribution < 1.29 is 31.5 Å². The van der Waals surface area contributed by atoms with Crippen molar-refractivity contribution in [1.82, 2.24) is 0 Å². The summed E-state index contributed by atoms with van der Waals surface area (Å²) in [5, 5.41) is 0.252. The number of Topliss-reactive ketones (excluding diaryl/α,β-unsaturated/α-hetero) is 1. The Morgan fingerprint density at radius 2 is 2.00 bits per heavy atom. The highest BCUT2D eigenvalue weighted by Gasteiger charge is 2.31. The van der Waals surface area contributed by atoms with Gasteiger partial charge in [0.05, 0.1) is 0 Å². The number of carbonyl (C=O) groups excluding carboxylic acids is 1. The van der Waals surface area contributed by atoms with Crippen molar-refractivity contribution in [2.45, 2.75) is 23.4 Å². The Kier molecular flexibility index (Phi) is 6.25. The van der Waals surface area contributed by atoms with E-state index >= 15 is 0 Å². The molecule has 0 saturated carbocycles. The van der Waals surface area contributed by atoms with E-state index < -0.39 is 29.7 Å². The molecule has 9 heteroatoms. The van der Waals surface area contributed by atoms with Crippen molar-refractivity contribution in [3.8, 4) is 5.75 Å². The number of thioether (sulfide) groups is 1. The van der Waals surface area contributed by atoms with E-state index in [4.69, 9.17) is 0 Å². The van der Waals surface area contributed by atoms with E-state index in [2.05, 4.69) is 20.7 Å². The Bertz CT molecular complexity index is 478. The topological polar surface area (TPSA) is 26.3 Å². The Labute approximate surface area is 123 Å². The van der Waals surface area contributed by atoms with Crippen LogP contribution in [0.2, 0.25) is 0 Å². The highest BCUT2D eigenvalue weighted by molar-refractivity contribution is 9.09. The summed E-state index contributed by atoms with van der Waals surface area (Å²) in [7, 11) is 0. The van der Waals surface area contributed by atoms with Gasteiger partial charge in [-0.05, 0) is 30.0 Å². The standard InChI is InChI=1S/C11H8BrF5O2S/c12-4-3-8(18)7-5-6(19-10(13)14)1-2-9(7)20-11(15,16)17/h1-2,5,10H,3-4H2. The monoisotopic (exact) mass is 378 g/mol. The van der Waals surface area contributed by atoms with Crippen LogP contribution >= 0.6 is 27.7 Å². The van der Waals surface area contributed by atoms with E-state index in [0.29, 0.717) is 0 Å². The summed E-state index contributed by atoms with van der Waals surface area (Å²) in [6.45, 7) is -3.12. The molecule has 1 aromatic carbocycles. The van der Waals surface area contributed by atoms with Crippen molar-refractivity contribution in [3.05, 3.63) is 23.8 Å². The lowest BCUT2D eigenvalue weighted by molar-refractivity contribution is -0.0500. The zero-order valence-corrected chi connectivity index (χ0v) is 12.1. The van der Waals surface area contributed by atoms with E-state index in [1.807, 2.05) is 0 Å². The summed E-state index contributed by atoms with van der Waals surface area (Å²) in [5.74, 6) is -0.946. The molecule has 0 N–H and O–H groups in total. The van der Waals surface area contributed by atoms with E-state index in [9.17, 15) is 26.7 Å². The minimum absolute atomic E-state index is 0.0520. The van der Waals surface area contributed by atoms with E-state index in [-0.39, 0.29) is 28.0 Å². The van der Waals surface area contributed by atoms with Gasteiger partial charge in [0.2, 0.25) is 0 Å². The number of ether oxygens (including phenoxy) is 1. The Hall–Kier alpha value is -0.830. The van der Waals surface area contributed by atoms with Crippen LogP contribution in [0.25, 0.3) is 0 Å². The van der Waals surface area contributed by atoms with Crippen LogP contribution in [-0.2, 0) is 0 Å². The summed E-state index contributed by atoms with van der Waals surface area (Å²) in [6.07, 6.45) is -0.0520. The molecule has 0 radical (unpaired) electrons. The number of ketones is 1. The van der Waals surface area contributed by atoms with Crippen LogP contribution in [0.15, 0.2) is 23.1 Å². The van der Waals surface area contributed by atoms with Crippen LogP contribution in [0.1, 0.15) is 16.8 Å². The first kappa shape index (κ1) is 17.2. The molecule has 112 valence electrons. The summed E-state index contributed by atoms with van der Waals surface area (Å²) in [4.78, 5) is 11.4. The number of rotatable bonds is 6. The lowest BCUT2D eigenvalue weighted by atomic mass is 10.1. The molecule has 0 saturated heterocycles. The van der Waals surface area contributed by atoms with Crippen LogP contribution in [-0.4, -0.2) is 23.2 Å². The third kappa shape index (κ3) is 5.66. The maximum absolute atomic E-state index is 12.4. The molecule has 0 aliphatic rings. The Morgan fingerprint density at radius 3 is 2.50 bits per heavy atom. The first-order valence-electron chi connectivity index (χ1n) is 5.16. The number of carbonyl (C=O) groups is 1. The normalized spacial score (nSPS) is 11.8. The van der Waals surface area contributed by atoms with Gasteiger partial charge in [-0.3, -0.25) is 4.79 Å². The second-order valence-electron chi connectivity index (χ2n) is 3.45. The minimum atomic E-state index is -4.57. The average Bonchev–Trinajstić information content (AvgIpc) is 2.28. The van der Waals surface area contributed by atoms with E-state index in [1.54, 1.807) is 0 Å². The summed E-state index contributed by atoms with van der Waals surface area (Å²) < 4.78 is 65.3. The van der Waals surface area contributed by atoms with Gasteiger partial charge in [0, 0.05) is 22.2 Å². The van der Waals surface area contributed by atoms with Gasteiger partial charge in [0.15, 0.2) is 5.78 Å². The molecule has 0 aliphatic heterocycles. The van der Waals surface area contributed by atoms with Gasteiger partial charge in [-0.1, -0.05) is 15.9 Å². The predicted octanol–water partition coefficient (Wildman–Crippen LogP) is 4.87. The number of hydrogen-bond acceptors (Lipinski definition) is 3. The lowest BCUT2D eigenvalue weighted by Gasteiger charge is -2.12. The molecule has 0 aliphatic carbocycles. The summed E-state index contributed by atoms with van der Waals surface area (Å²) in [6, 6.07) is 2.80. The van der Waals surface area contributed by atoms with Crippen molar-refractivity contribution >= 4 is 33.5 Å². The molecule has 0 atom stereocenters. The second-order valence-corrected chi connectivity index (χ2v) is 5.35. The molecule has 0 bridgehead atoms. The number of benzene rings is 1. The molecule has 0 heterocycles. The molecule has 0 unspecified atom stereocenters. The third-order valence-electron chi connectivity index (χ3n) is 2.02. The molecule has 0 spiro atoms. The zero-order chi connectivity index (χ0) is 15.3.